The van der Waals surface area contributed by atoms with Crippen molar-refractivity contribution >= 4 is 11.7 Å². The van der Waals surface area contributed by atoms with Crippen LogP contribution in [-0.4, -0.2) is 30.9 Å². The van der Waals surface area contributed by atoms with Gasteiger partial charge >= 0.3 is 0 Å². The van der Waals surface area contributed by atoms with Crippen molar-refractivity contribution in [3.8, 4) is 0 Å². The van der Waals surface area contributed by atoms with Crippen molar-refractivity contribution in [2.75, 3.05) is 13.2 Å². The number of Topliss-reactive ketones (excluding diaryl/α,β-unsaturated/α-hetero) is 1. The Morgan fingerprint density at radius 1 is 1.38 bits per heavy atom. The molecule has 1 fully saturated rings. The summed E-state index contributed by atoms with van der Waals surface area (Å²) < 4.78 is 5.52. The van der Waals surface area contributed by atoms with Crippen LogP contribution in [0.25, 0.3) is 0 Å². The molecule has 1 saturated carbocycles. The molecule has 0 aromatic carbocycles. The molecule has 16 heavy (non-hydrogen) atoms. The number of hydrogen-bond acceptors (Lipinski definition) is 3. The fourth-order valence-corrected chi connectivity index (χ4v) is 2.00. The summed E-state index contributed by atoms with van der Waals surface area (Å²) in [6.07, 6.45) is 4.74. The van der Waals surface area contributed by atoms with Gasteiger partial charge in [0, 0.05) is 0 Å². The van der Waals surface area contributed by atoms with Crippen molar-refractivity contribution in [1.29, 1.82) is 0 Å². The summed E-state index contributed by atoms with van der Waals surface area (Å²) >= 11 is 0. The number of carbonyl (C=O) groups is 2. The van der Waals surface area contributed by atoms with Gasteiger partial charge in [0.1, 0.15) is 12.4 Å². The normalized spacial score (nSPS) is 25.1. The van der Waals surface area contributed by atoms with Gasteiger partial charge in [0.2, 0.25) is 5.91 Å². The third-order valence-electron chi connectivity index (χ3n) is 2.87. The minimum atomic E-state index is -0.201. The number of rotatable bonds is 5. The van der Waals surface area contributed by atoms with Crippen LogP contribution in [0.2, 0.25) is 0 Å². The summed E-state index contributed by atoms with van der Waals surface area (Å²) in [4.78, 5) is 21.9. The number of ketones is 1. The Morgan fingerprint density at radius 2 is 2.12 bits per heavy atom. The van der Waals surface area contributed by atoms with Crippen molar-refractivity contribution in [1.82, 2.24) is 5.32 Å². The molecule has 0 saturated heterocycles. The average molecular weight is 227 g/mol. The van der Waals surface area contributed by atoms with Gasteiger partial charge in [-0.3, -0.25) is 9.59 Å². The van der Waals surface area contributed by atoms with E-state index in [1.165, 1.54) is 19.8 Å². The van der Waals surface area contributed by atoms with Gasteiger partial charge in [-0.25, -0.2) is 0 Å². The molecular formula is C12H21NO3. The molecule has 0 spiro atoms. The summed E-state index contributed by atoms with van der Waals surface area (Å²) in [6, 6.07) is 0. The molecule has 2 unspecified atom stereocenters. The third-order valence-corrected chi connectivity index (χ3v) is 2.87. The van der Waals surface area contributed by atoms with Gasteiger partial charge in [0.15, 0.2) is 0 Å². The Kier molecular flexibility index (Phi) is 5.46. The van der Waals surface area contributed by atoms with Gasteiger partial charge in [-0.15, -0.1) is 0 Å². The second kappa shape index (κ2) is 6.63. The van der Waals surface area contributed by atoms with Gasteiger partial charge in [0.05, 0.1) is 12.6 Å². The van der Waals surface area contributed by atoms with Crippen LogP contribution in [0.1, 0.15) is 39.5 Å². The lowest BCUT2D eigenvalue weighted by atomic mass is 9.89. The first kappa shape index (κ1) is 13.2. The molecule has 1 amide bonds. The molecule has 1 rings (SSSR count). The van der Waals surface area contributed by atoms with Crippen molar-refractivity contribution < 1.29 is 14.3 Å². The van der Waals surface area contributed by atoms with Crippen molar-refractivity contribution in [3.05, 3.63) is 0 Å². The maximum absolute atomic E-state index is 11.3. The molecule has 4 heteroatoms. The third kappa shape index (κ3) is 5.26. The predicted octanol–water partition coefficient (Wildman–Crippen LogP) is 1.29. The second-order valence-corrected chi connectivity index (χ2v) is 4.68. The van der Waals surface area contributed by atoms with Crippen LogP contribution in [0.3, 0.4) is 0 Å². The minimum Gasteiger partial charge on any atom is -0.368 e. The molecule has 2 atom stereocenters. The molecule has 1 N–H and O–H groups in total. The Bertz CT molecular complexity index is 253. The van der Waals surface area contributed by atoms with E-state index < -0.39 is 0 Å². The highest BCUT2D eigenvalue weighted by Gasteiger charge is 2.19. The highest BCUT2D eigenvalue weighted by atomic mass is 16.5. The monoisotopic (exact) mass is 227 g/mol. The number of ether oxygens (including phenoxy) is 1. The lowest BCUT2D eigenvalue weighted by molar-refractivity contribution is -0.130. The molecule has 1 aliphatic rings. The fourth-order valence-electron chi connectivity index (χ4n) is 2.00. The molecule has 92 valence electrons. The average Bonchev–Trinajstić information content (AvgIpc) is 2.23. The maximum Gasteiger partial charge on any atom is 0.246 e. The quantitative estimate of drug-likeness (QED) is 0.770. The summed E-state index contributed by atoms with van der Waals surface area (Å²) in [5, 5.41) is 2.52. The standard InChI is InChI=1S/C12H21NO3/c1-9-4-3-5-11(6-9)16-8-12(15)13-7-10(2)14/h9,11H,3-8H2,1-2H3,(H,13,15). The number of amides is 1. The molecule has 0 aliphatic heterocycles. The number of carbonyl (C=O) groups excluding carboxylic acids is 2. The Balaban J connectivity index is 2.13. The van der Waals surface area contributed by atoms with E-state index in [9.17, 15) is 9.59 Å². The van der Waals surface area contributed by atoms with E-state index in [1.54, 1.807) is 0 Å². The Hall–Kier alpha value is -0.900. The largest absolute Gasteiger partial charge is 0.368 e. The van der Waals surface area contributed by atoms with Gasteiger partial charge in [-0.1, -0.05) is 19.8 Å². The zero-order chi connectivity index (χ0) is 12.0. The van der Waals surface area contributed by atoms with Crippen LogP contribution >= 0.6 is 0 Å². The van der Waals surface area contributed by atoms with E-state index in [2.05, 4.69) is 12.2 Å². The Morgan fingerprint density at radius 3 is 2.75 bits per heavy atom. The SMILES string of the molecule is CC(=O)CNC(=O)COC1CCCC(C)C1. The summed E-state index contributed by atoms with van der Waals surface area (Å²) in [5.74, 6) is 0.451. The zero-order valence-corrected chi connectivity index (χ0v) is 10.1. The molecule has 4 nitrogen and oxygen atoms in total. The second-order valence-electron chi connectivity index (χ2n) is 4.68. The number of nitrogens with one attached hydrogen (secondary N) is 1. The minimum absolute atomic E-state index is 0.0420. The summed E-state index contributed by atoms with van der Waals surface area (Å²) in [7, 11) is 0. The Labute approximate surface area is 96.7 Å². The molecule has 0 bridgehead atoms. The molecule has 0 aromatic heterocycles. The highest BCUT2D eigenvalue weighted by Crippen LogP contribution is 2.25. The molecule has 0 radical (unpaired) electrons. The maximum atomic E-state index is 11.3. The summed E-state index contributed by atoms with van der Waals surface area (Å²) in [6.45, 7) is 3.84. The van der Waals surface area contributed by atoms with Crippen molar-refractivity contribution in [2.45, 2.75) is 45.6 Å². The van der Waals surface area contributed by atoms with Gasteiger partial charge in [-0.2, -0.15) is 0 Å². The number of hydrogen-bond donors (Lipinski definition) is 1. The van der Waals surface area contributed by atoms with Crippen molar-refractivity contribution in [2.24, 2.45) is 5.92 Å². The first-order valence-electron chi connectivity index (χ1n) is 5.95. The first-order chi connectivity index (χ1) is 7.58. The van der Waals surface area contributed by atoms with E-state index >= 15 is 0 Å². The van der Waals surface area contributed by atoms with Gasteiger partial charge < -0.3 is 10.1 Å². The molecular weight excluding hydrogens is 206 g/mol. The molecule has 1 aliphatic carbocycles. The zero-order valence-electron chi connectivity index (χ0n) is 10.1. The van der Waals surface area contributed by atoms with Crippen LogP contribution in [0.15, 0.2) is 0 Å². The summed E-state index contributed by atoms with van der Waals surface area (Å²) in [5.41, 5.74) is 0. The van der Waals surface area contributed by atoms with Crippen LogP contribution in [0.4, 0.5) is 0 Å². The molecule has 0 aromatic rings. The van der Waals surface area contributed by atoms with Gasteiger partial charge in [0.25, 0.3) is 0 Å². The van der Waals surface area contributed by atoms with Gasteiger partial charge in [-0.05, 0) is 25.7 Å². The van der Waals surface area contributed by atoms with E-state index in [-0.39, 0.29) is 30.9 Å². The predicted molar refractivity (Wildman–Crippen MR) is 61.1 cm³/mol. The first-order valence-corrected chi connectivity index (χ1v) is 5.95. The fraction of sp³-hybridized carbons (Fsp3) is 0.833. The molecule has 0 heterocycles. The van der Waals surface area contributed by atoms with E-state index in [0.717, 1.165) is 12.8 Å². The van der Waals surface area contributed by atoms with Crippen LogP contribution in [0, 0.1) is 5.92 Å². The van der Waals surface area contributed by atoms with Crippen LogP contribution in [0.5, 0.6) is 0 Å². The van der Waals surface area contributed by atoms with E-state index in [0.29, 0.717) is 5.92 Å². The van der Waals surface area contributed by atoms with Crippen molar-refractivity contribution in [3.63, 3.8) is 0 Å². The van der Waals surface area contributed by atoms with Crippen LogP contribution < -0.4 is 5.32 Å². The lowest BCUT2D eigenvalue weighted by Gasteiger charge is -2.26. The van der Waals surface area contributed by atoms with E-state index in [4.69, 9.17) is 4.74 Å². The van der Waals surface area contributed by atoms with Crippen LogP contribution in [-0.2, 0) is 14.3 Å². The topological polar surface area (TPSA) is 55.4 Å². The highest BCUT2D eigenvalue weighted by molar-refractivity contribution is 5.84. The smallest absolute Gasteiger partial charge is 0.246 e. The lowest BCUT2D eigenvalue weighted by Crippen LogP contribution is -2.33. The van der Waals surface area contributed by atoms with E-state index in [1.807, 2.05) is 0 Å².